The van der Waals surface area contributed by atoms with Gasteiger partial charge in [0, 0.05) is 37.3 Å². The van der Waals surface area contributed by atoms with Crippen LogP contribution in [0.3, 0.4) is 0 Å². The SMILES string of the molecule is CNc1ncc(Br)c(N2CCSCC2C)n1. The lowest BCUT2D eigenvalue weighted by Crippen LogP contribution is -2.41. The topological polar surface area (TPSA) is 41.1 Å². The molecule has 0 aliphatic carbocycles. The molecule has 2 rings (SSSR count). The van der Waals surface area contributed by atoms with E-state index in [2.05, 4.69) is 43.0 Å². The van der Waals surface area contributed by atoms with Gasteiger partial charge in [-0.25, -0.2) is 4.98 Å². The summed E-state index contributed by atoms with van der Waals surface area (Å²) in [4.78, 5) is 11.0. The van der Waals surface area contributed by atoms with E-state index < -0.39 is 0 Å². The molecule has 0 radical (unpaired) electrons. The minimum absolute atomic E-state index is 0.523. The molecular weight excluding hydrogens is 288 g/mol. The maximum atomic E-state index is 4.51. The fraction of sp³-hybridized carbons (Fsp3) is 0.600. The number of halogens is 1. The molecule has 0 bridgehead atoms. The predicted molar refractivity (Wildman–Crippen MR) is 73.4 cm³/mol. The minimum atomic E-state index is 0.523. The molecule has 1 saturated heterocycles. The maximum absolute atomic E-state index is 4.51. The number of hydrogen-bond acceptors (Lipinski definition) is 5. The molecule has 88 valence electrons. The Balaban J connectivity index is 2.30. The van der Waals surface area contributed by atoms with Crippen molar-refractivity contribution >= 4 is 39.5 Å². The van der Waals surface area contributed by atoms with E-state index in [-0.39, 0.29) is 0 Å². The van der Waals surface area contributed by atoms with Gasteiger partial charge in [-0.15, -0.1) is 0 Å². The van der Waals surface area contributed by atoms with Crippen molar-refractivity contribution in [3.8, 4) is 0 Å². The summed E-state index contributed by atoms with van der Waals surface area (Å²) in [5.41, 5.74) is 0. The molecule has 1 aliphatic heterocycles. The summed E-state index contributed by atoms with van der Waals surface area (Å²) in [5.74, 6) is 3.98. The Hall–Kier alpha value is -0.490. The Morgan fingerprint density at radius 2 is 2.44 bits per heavy atom. The normalized spacial score (nSPS) is 20.9. The quantitative estimate of drug-likeness (QED) is 0.907. The first-order valence-electron chi connectivity index (χ1n) is 5.27. The number of nitrogens with zero attached hydrogens (tertiary/aromatic N) is 3. The Morgan fingerprint density at radius 1 is 1.62 bits per heavy atom. The Labute approximate surface area is 108 Å². The van der Waals surface area contributed by atoms with Gasteiger partial charge < -0.3 is 10.2 Å². The second-order valence-electron chi connectivity index (χ2n) is 3.73. The zero-order chi connectivity index (χ0) is 11.5. The van der Waals surface area contributed by atoms with Gasteiger partial charge in [-0.2, -0.15) is 16.7 Å². The molecule has 2 heterocycles. The van der Waals surface area contributed by atoms with E-state index >= 15 is 0 Å². The van der Waals surface area contributed by atoms with Crippen LogP contribution in [0, 0.1) is 0 Å². The van der Waals surface area contributed by atoms with Crippen LogP contribution in [0.1, 0.15) is 6.92 Å². The third-order valence-electron chi connectivity index (χ3n) is 2.59. The van der Waals surface area contributed by atoms with Crippen molar-refractivity contribution in [1.82, 2.24) is 9.97 Å². The van der Waals surface area contributed by atoms with Gasteiger partial charge in [0.05, 0.1) is 4.47 Å². The first kappa shape index (κ1) is 12.0. The van der Waals surface area contributed by atoms with Crippen molar-refractivity contribution in [3.05, 3.63) is 10.7 Å². The largest absolute Gasteiger partial charge is 0.357 e. The van der Waals surface area contributed by atoms with Gasteiger partial charge in [-0.1, -0.05) is 0 Å². The molecule has 4 nitrogen and oxygen atoms in total. The predicted octanol–water partition coefficient (Wildman–Crippen LogP) is 2.22. The highest BCUT2D eigenvalue weighted by Gasteiger charge is 2.22. The second-order valence-corrected chi connectivity index (χ2v) is 5.74. The molecule has 1 aromatic rings. The van der Waals surface area contributed by atoms with Gasteiger partial charge in [0.2, 0.25) is 5.95 Å². The number of aromatic nitrogens is 2. The summed E-state index contributed by atoms with van der Waals surface area (Å²) in [6.45, 7) is 3.28. The summed E-state index contributed by atoms with van der Waals surface area (Å²) < 4.78 is 0.963. The monoisotopic (exact) mass is 302 g/mol. The van der Waals surface area contributed by atoms with Crippen LogP contribution in [-0.4, -0.2) is 41.1 Å². The maximum Gasteiger partial charge on any atom is 0.224 e. The molecule has 1 aliphatic rings. The molecule has 0 saturated carbocycles. The molecule has 16 heavy (non-hydrogen) atoms. The van der Waals surface area contributed by atoms with Gasteiger partial charge in [0.1, 0.15) is 5.82 Å². The van der Waals surface area contributed by atoms with Crippen LogP contribution < -0.4 is 10.2 Å². The fourth-order valence-corrected chi connectivity index (χ4v) is 3.15. The second kappa shape index (κ2) is 5.23. The van der Waals surface area contributed by atoms with E-state index in [0.29, 0.717) is 12.0 Å². The van der Waals surface area contributed by atoms with E-state index in [9.17, 15) is 0 Å². The van der Waals surface area contributed by atoms with Crippen LogP contribution in [0.2, 0.25) is 0 Å². The number of hydrogen-bond donors (Lipinski definition) is 1. The number of nitrogens with one attached hydrogen (secondary N) is 1. The van der Waals surface area contributed by atoms with Gasteiger partial charge in [0.25, 0.3) is 0 Å². The highest BCUT2D eigenvalue weighted by Crippen LogP contribution is 2.29. The average molecular weight is 303 g/mol. The summed E-state index contributed by atoms with van der Waals surface area (Å²) in [7, 11) is 1.84. The molecule has 0 amide bonds. The van der Waals surface area contributed by atoms with Crippen molar-refractivity contribution in [2.45, 2.75) is 13.0 Å². The van der Waals surface area contributed by atoms with Crippen molar-refractivity contribution in [2.24, 2.45) is 0 Å². The number of thioether (sulfide) groups is 1. The summed E-state index contributed by atoms with van der Waals surface area (Å²) in [6, 6.07) is 0.523. The van der Waals surface area contributed by atoms with Gasteiger partial charge in [-0.05, 0) is 22.9 Å². The zero-order valence-electron chi connectivity index (χ0n) is 9.40. The molecule has 0 aromatic carbocycles. The Bertz CT molecular complexity index is 374. The van der Waals surface area contributed by atoms with Crippen LogP contribution in [0.25, 0.3) is 0 Å². The Kier molecular flexibility index (Phi) is 3.91. The van der Waals surface area contributed by atoms with Crippen LogP contribution in [0.5, 0.6) is 0 Å². The lowest BCUT2D eigenvalue weighted by molar-refractivity contribution is 0.687. The van der Waals surface area contributed by atoms with E-state index in [1.807, 2.05) is 25.0 Å². The van der Waals surface area contributed by atoms with Crippen LogP contribution >= 0.6 is 27.7 Å². The number of anilines is 2. The first-order chi connectivity index (χ1) is 7.72. The van der Waals surface area contributed by atoms with Crippen molar-refractivity contribution < 1.29 is 0 Å². The minimum Gasteiger partial charge on any atom is -0.357 e. The zero-order valence-corrected chi connectivity index (χ0v) is 11.8. The Morgan fingerprint density at radius 3 is 3.12 bits per heavy atom. The van der Waals surface area contributed by atoms with E-state index in [0.717, 1.165) is 28.3 Å². The van der Waals surface area contributed by atoms with E-state index in [1.54, 1.807) is 0 Å². The number of rotatable bonds is 2. The van der Waals surface area contributed by atoms with Crippen molar-refractivity contribution in [3.63, 3.8) is 0 Å². The molecule has 1 N–H and O–H groups in total. The summed E-state index contributed by atoms with van der Waals surface area (Å²) >= 11 is 5.52. The lowest BCUT2D eigenvalue weighted by Gasteiger charge is -2.34. The highest BCUT2D eigenvalue weighted by atomic mass is 79.9. The molecular formula is C10H15BrN4S. The molecule has 1 aromatic heterocycles. The van der Waals surface area contributed by atoms with Gasteiger partial charge >= 0.3 is 0 Å². The molecule has 1 unspecified atom stereocenters. The molecule has 6 heteroatoms. The highest BCUT2D eigenvalue weighted by molar-refractivity contribution is 9.10. The van der Waals surface area contributed by atoms with Gasteiger partial charge in [-0.3, -0.25) is 0 Å². The smallest absolute Gasteiger partial charge is 0.224 e. The van der Waals surface area contributed by atoms with Crippen LogP contribution in [-0.2, 0) is 0 Å². The summed E-state index contributed by atoms with van der Waals surface area (Å²) in [5, 5.41) is 2.97. The first-order valence-corrected chi connectivity index (χ1v) is 7.22. The molecule has 1 fully saturated rings. The molecule has 0 spiro atoms. The van der Waals surface area contributed by atoms with Crippen molar-refractivity contribution in [2.75, 3.05) is 35.3 Å². The third kappa shape index (κ3) is 2.43. The van der Waals surface area contributed by atoms with Gasteiger partial charge in [0.15, 0.2) is 0 Å². The average Bonchev–Trinajstić information content (AvgIpc) is 2.31. The fourth-order valence-electron chi connectivity index (χ4n) is 1.72. The van der Waals surface area contributed by atoms with Crippen LogP contribution in [0.15, 0.2) is 10.7 Å². The standard InChI is InChI=1S/C10H15BrN4S/c1-7-6-16-4-3-15(7)9-8(11)5-13-10(12-2)14-9/h5,7H,3-4,6H2,1-2H3,(H,12,13,14). The third-order valence-corrected chi connectivity index (χ3v) is 4.34. The summed E-state index contributed by atoms with van der Waals surface area (Å²) in [6.07, 6.45) is 1.81. The molecule has 1 atom stereocenters. The lowest BCUT2D eigenvalue weighted by atomic mass is 10.3. The van der Waals surface area contributed by atoms with Crippen LogP contribution in [0.4, 0.5) is 11.8 Å². The van der Waals surface area contributed by atoms with E-state index in [1.165, 1.54) is 0 Å². The van der Waals surface area contributed by atoms with E-state index in [4.69, 9.17) is 0 Å². The van der Waals surface area contributed by atoms with Crippen molar-refractivity contribution in [1.29, 1.82) is 0 Å².